The molecule has 0 fully saturated rings. The molecule has 0 aliphatic heterocycles. The number of hydrogen-bond donors (Lipinski definition) is 2. The summed E-state index contributed by atoms with van der Waals surface area (Å²) in [6, 6.07) is 0. The van der Waals surface area contributed by atoms with Crippen molar-refractivity contribution in [3.8, 4) is 0 Å². The Balaban J connectivity index is 4.15. The molecule has 0 rings (SSSR count). The number of hydrogen-bond acceptors (Lipinski definition) is 4. The first-order valence-corrected chi connectivity index (χ1v) is 7.00. The summed E-state index contributed by atoms with van der Waals surface area (Å²) in [5.74, 6) is -1.33. The van der Waals surface area contributed by atoms with Crippen LogP contribution in [0.1, 0.15) is 39.0 Å². The molecule has 2 unspecified atom stereocenters. The largest absolute Gasteiger partial charge is 0.481 e. The number of carbonyl (C=O) groups excluding carboxylic acids is 1. The minimum Gasteiger partial charge on any atom is -0.481 e. The van der Waals surface area contributed by atoms with Gasteiger partial charge in [-0.2, -0.15) is 0 Å². The van der Waals surface area contributed by atoms with Crippen LogP contribution in [0.4, 0.5) is 0 Å². The predicted molar refractivity (Wildman–Crippen MR) is 75.2 cm³/mol. The van der Waals surface area contributed by atoms with E-state index in [0.717, 1.165) is 6.42 Å². The van der Waals surface area contributed by atoms with Crippen molar-refractivity contribution in [2.24, 2.45) is 0 Å². The summed E-state index contributed by atoms with van der Waals surface area (Å²) in [6.45, 7) is 2.17. The van der Waals surface area contributed by atoms with E-state index in [1.54, 1.807) is 6.92 Å². The smallest absolute Gasteiger partial charge is 0.307 e. The monoisotopic (exact) mass is 290 g/mol. The zero-order valence-corrected chi connectivity index (χ0v) is 13.0. The zero-order chi connectivity index (χ0) is 15.8. The van der Waals surface area contributed by atoms with Crippen LogP contribution in [0.15, 0.2) is 0 Å². The first kappa shape index (κ1) is 18.9. The van der Waals surface area contributed by atoms with Crippen LogP contribution in [-0.2, 0) is 14.3 Å². The van der Waals surface area contributed by atoms with E-state index in [1.807, 2.05) is 21.1 Å². The fraction of sp³-hybridized carbons (Fsp3) is 0.857. The molecular weight excluding hydrogens is 262 g/mol. The van der Waals surface area contributed by atoms with E-state index in [2.05, 4.69) is 0 Å². The van der Waals surface area contributed by atoms with Gasteiger partial charge in [-0.05, 0) is 19.8 Å². The summed E-state index contributed by atoms with van der Waals surface area (Å²) in [5.41, 5.74) is 0. The number of likely N-dealkylation sites (N-methyl/N-ethyl adjacent to an activating group) is 1. The van der Waals surface area contributed by atoms with Crippen molar-refractivity contribution < 1.29 is 29.0 Å². The van der Waals surface area contributed by atoms with Crippen molar-refractivity contribution in [3.05, 3.63) is 0 Å². The van der Waals surface area contributed by atoms with Crippen molar-refractivity contribution >= 4 is 11.9 Å². The second kappa shape index (κ2) is 8.92. The van der Waals surface area contributed by atoms with E-state index in [1.165, 1.54) is 0 Å². The van der Waals surface area contributed by atoms with Gasteiger partial charge in [0.05, 0.1) is 33.7 Å². The maximum atomic E-state index is 11.7. The van der Waals surface area contributed by atoms with Gasteiger partial charge < -0.3 is 19.4 Å². The Hall–Kier alpha value is -1.14. The van der Waals surface area contributed by atoms with E-state index < -0.39 is 12.1 Å². The van der Waals surface area contributed by atoms with Crippen LogP contribution in [0.3, 0.4) is 0 Å². The highest BCUT2D eigenvalue weighted by Gasteiger charge is 2.24. The minimum atomic E-state index is -0.967. The molecule has 2 N–H and O–H groups in total. The molecule has 0 aliphatic carbocycles. The second-order valence-electron chi connectivity index (χ2n) is 6.28. The number of nitrogens with zero attached hydrogens (tertiary/aromatic N) is 1. The topological polar surface area (TPSA) is 83.8 Å². The Kier molecular flexibility index (Phi) is 8.41. The van der Waals surface area contributed by atoms with Crippen LogP contribution in [0.5, 0.6) is 0 Å². The second-order valence-corrected chi connectivity index (χ2v) is 6.28. The fourth-order valence-electron chi connectivity index (χ4n) is 1.90. The number of ether oxygens (including phenoxy) is 1. The Morgan fingerprint density at radius 1 is 1.20 bits per heavy atom. The number of rotatable bonds is 10. The number of quaternary nitrogens is 1. The molecular formula is C14H28NO5+. The number of aliphatic hydroxyl groups is 1. The molecule has 0 amide bonds. The molecule has 0 saturated carbocycles. The summed E-state index contributed by atoms with van der Waals surface area (Å²) in [4.78, 5) is 22.5. The lowest BCUT2D eigenvalue weighted by atomic mass is 10.1. The lowest BCUT2D eigenvalue weighted by molar-refractivity contribution is -0.873. The summed E-state index contributed by atoms with van der Waals surface area (Å²) >= 11 is 0. The summed E-state index contributed by atoms with van der Waals surface area (Å²) < 4.78 is 5.78. The number of carboxylic acid groups (broad SMARTS) is 1. The Morgan fingerprint density at radius 3 is 2.25 bits per heavy atom. The van der Waals surface area contributed by atoms with Crippen LogP contribution in [0, 0.1) is 0 Å². The molecule has 0 aliphatic rings. The summed E-state index contributed by atoms with van der Waals surface area (Å²) in [5, 5.41) is 17.9. The standard InChI is InChI=1S/C14H27NO5/c1-11(16)7-5-6-8-14(19)20-12(9-13(17)18)10-15(2,3)4/h11-12,16H,5-10H2,1-4H3/p+1. The van der Waals surface area contributed by atoms with Crippen LogP contribution in [-0.4, -0.2) is 66.5 Å². The average Bonchev–Trinajstić information content (AvgIpc) is 2.20. The quantitative estimate of drug-likeness (QED) is 0.356. The van der Waals surface area contributed by atoms with Crippen molar-refractivity contribution in [2.45, 2.75) is 51.2 Å². The molecule has 0 aromatic rings. The van der Waals surface area contributed by atoms with Gasteiger partial charge in [0, 0.05) is 6.42 Å². The maximum Gasteiger partial charge on any atom is 0.307 e. The van der Waals surface area contributed by atoms with Gasteiger partial charge in [0.2, 0.25) is 0 Å². The molecule has 0 aromatic carbocycles. The lowest BCUT2D eigenvalue weighted by Crippen LogP contribution is -2.43. The third-order valence-corrected chi connectivity index (χ3v) is 2.70. The van der Waals surface area contributed by atoms with E-state index in [9.17, 15) is 9.59 Å². The van der Waals surface area contributed by atoms with Crippen LogP contribution < -0.4 is 0 Å². The van der Waals surface area contributed by atoms with Gasteiger partial charge in [0.15, 0.2) is 6.10 Å². The van der Waals surface area contributed by atoms with E-state index in [0.29, 0.717) is 23.9 Å². The van der Waals surface area contributed by atoms with Crippen molar-refractivity contribution in [1.29, 1.82) is 0 Å². The number of aliphatic carboxylic acids is 1. The molecule has 0 saturated heterocycles. The molecule has 0 spiro atoms. The number of aliphatic hydroxyl groups excluding tert-OH is 1. The number of carboxylic acids is 1. The Bertz CT molecular complexity index is 309. The number of esters is 1. The number of carbonyl (C=O) groups is 2. The average molecular weight is 290 g/mol. The van der Waals surface area contributed by atoms with Crippen molar-refractivity contribution in [3.63, 3.8) is 0 Å². The fourth-order valence-corrected chi connectivity index (χ4v) is 1.90. The van der Waals surface area contributed by atoms with E-state index >= 15 is 0 Å². The number of unbranched alkanes of at least 4 members (excludes halogenated alkanes) is 1. The Morgan fingerprint density at radius 2 is 1.80 bits per heavy atom. The summed E-state index contributed by atoms with van der Waals surface area (Å²) in [7, 11) is 5.77. The lowest BCUT2D eigenvalue weighted by Gasteiger charge is -2.28. The van der Waals surface area contributed by atoms with Gasteiger partial charge >= 0.3 is 11.9 Å². The molecule has 6 nitrogen and oxygen atoms in total. The molecule has 20 heavy (non-hydrogen) atoms. The molecule has 0 radical (unpaired) electrons. The van der Waals surface area contributed by atoms with Gasteiger partial charge in [0.1, 0.15) is 6.54 Å². The third-order valence-electron chi connectivity index (χ3n) is 2.70. The third kappa shape index (κ3) is 11.9. The molecule has 2 atom stereocenters. The van der Waals surface area contributed by atoms with Gasteiger partial charge in [0.25, 0.3) is 0 Å². The SMILES string of the molecule is CC(O)CCCCC(=O)OC(CC(=O)O)C[N+](C)(C)C. The van der Waals surface area contributed by atoms with Crippen molar-refractivity contribution in [2.75, 3.05) is 27.7 Å². The zero-order valence-electron chi connectivity index (χ0n) is 13.0. The summed E-state index contributed by atoms with van der Waals surface area (Å²) in [6.07, 6.45) is 1.19. The molecule has 6 heteroatoms. The van der Waals surface area contributed by atoms with Crippen LogP contribution >= 0.6 is 0 Å². The van der Waals surface area contributed by atoms with Gasteiger partial charge in [-0.15, -0.1) is 0 Å². The first-order chi connectivity index (χ1) is 9.10. The molecule has 0 heterocycles. The van der Waals surface area contributed by atoms with E-state index in [-0.39, 0.29) is 24.9 Å². The normalized spacial score (nSPS) is 14.7. The predicted octanol–water partition coefficient (Wildman–Crippen LogP) is 1.02. The van der Waals surface area contributed by atoms with Crippen LogP contribution in [0.2, 0.25) is 0 Å². The highest BCUT2D eigenvalue weighted by molar-refractivity contribution is 5.71. The van der Waals surface area contributed by atoms with Crippen LogP contribution in [0.25, 0.3) is 0 Å². The highest BCUT2D eigenvalue weighted by Crippen LogP contribution is 2.09. The van der Waals surface area contributed by atoms with Gasteiger partial charge in [-0.3, -0.25) is 9.59 Å². The maximum absolute atomic E-state index is 11.7. The Labute approximate surface area is 120 Å². The van der Waals surface area contributed by atoms with Gasteiger partial charge in [-0.25, -0.2) is 0 Å². The molecule has 118 valence electrons. The molecule has 0 bridgehead atoms. The van der Waals surface area contributed by atoms with E-state index in [4.69, 9.17) is 14.9 Å². The minimum absolute atomic E-state index is 0.172. The van der Waals surface area contributed by atoms with Gasteiger partial charge in [-0.1, -0.05) is 6.42 Å². The highest BCUT2D eigenvalue weighted by atomic mass is 16.5. The first-order valence-electron chi connectivity index (χ1n) is 7.00. The van der Waals surface area contributed by atoms with Crippen molar-refractivity contribution in [1.82, 2.24) is 0 Å². The molecule has 0 aromatic heterocycles.